The van der Waals surface area contributed by atoms with Gasteiger partial charge in [0.25, 0.3) is 5.91 Å². The number of sulfonamides is 1. The minimum atomic E-state index is -3.54. The lowest BCUT2D eigenvalue weighted by atomic mass is 10.2. The van der Waals surface area contributed by atoms with Crippen molar-refractivity contribution in [2.75, 3.05) is 6.26 Å². The van der Waals surface area contributed by atoms with Crippen molar-refractivity contribution in [1.29, 1.82) is 0 Å². The predicted octanol–water partition coefficient (Wildman–Crippen LogP) is 1.75. The van der Waals surface area contributed by atoms with E-state index in [1.165, 1.54) is 6.08 Å². The summed E-state index contributed by atoms with van der Waals surface area (Å²) in [6.45, 7) is 0.368. The number of carbonyl (C=O) groups is 1. The minimum absolute atomic E-state index is 0.368. The van der Waals surface area contributed by atoms with Crippen LogP contribution in [0.25, 0.3) is 6.08 Å². The number of hydrogen-bond acceptors (Lipinski definition) is 5. The second-order valence-corrected chi connectivity index (χ2v) is 6.50. The molecule has 1 aromatic heterocycles. The van der Waals surface area contributed by atoms with Crippen LogP contribution in [0.1, 0.15) is 11.3 Å². The monoisotopic (exact) mass is 332 g/mol. The van der Waals surface area contributed by atoms with Crippen molar-refractivity contribution < 1.29 is 17.9 Å². The zero-order chi connectivity index (χ0) is 16.7. The fourth-order valence-corrected chi connectivity index (χ4v) is 2.14. The van der Waals surface area contributed by atoms with Gasteiger partial charge in [0.05, 0.1) is 11.9 Å². The lowest BCUT2D eigenvalue weighted by Gasteiger charge is -2.05. The van der Waals surface area contributed by atoms with Gasteiger partial charge in [-0.2, -0.15) is 0 Å². The molecule has 0 saturated carbocycles. The van der Waals surface area contributed by atoms with E-state index in [0.29, 0.717) is 12.4 Å². The Labute approximate surface area is 134 Å². The largest absolute Gasteiger partial charge is 0.487 e. The molecule has 0 saturated heterocycles. The van der Waals surface area contributed by atoms with Gasteiger partial charge in [-0.1, -0.05) is 18.2 Å². The Morgan fingerprint density at radius 2 is 1.96 bits per heavy atom. The molecule has 0 bridgehead atoms. The Hall–Kier alpha value is -2.67. The van der Waals surface area contributed by atoms with Crippen molar-refractivity contribution in [3.63, 3.8) is 0 Å². The fraction of sp³-hybridized carbons (Fsp3) is 0.125. The molecule has 2 aromatic rings. The quantitative estimate of drug-likeness (QED) is 0.815. The molecule has 1 aromatic carbocycles. The summed E-state index contributed by atoms with van der Waals surface area (Å²) in [6.07, 6.45) is 5.30. The van der Waals surface area contributed by atoms with E-state index < -0.39 is 15.9 Å². The Balaban J connectivity index is 1.90. The van der Waals surface area contributed by atoms with E-state index in [1.807, 2.05) is 22.9 Å². The lowest BCUT2D eigenvalue weighted by molar-refractivity contribution is -0.114. The first kappa shape index (κ1) is 16.7. The van der Waals surface area contributed by atoms with Crippen molar-refractivity contribution in [3.05, 3.63) is 66.0 Å². The number of nitrogens with zero attached hydrogens (tertiary/aromatic N) is 1. The van der Waals surface area contributed by atoms with Crippen molar-refractivity contribution in [2.24, 2.45) is 0 Å². The SMILES string of the molecule is CS(=O)(=O)NC(=O)C=Cc1ccc(OCc2ccccn2)cc1. The molecular formula is C16H16N2O4S. The third-order valence-corrected chi connectivity index (χ3v) is 3.28. The van der Waals surface area contributed by atoms with Gasteiger partial charge in [-0.3, -0.25) is 9.78 Å². The normalized spacial score (nSPS) is 11.3. The third kappa shape index (κ3) is 6.31. The van der Waals surface area contributed by atoms with Crippen molar-refractivity contribution in [2.45, 2.75) is 6.61 Å². The molecular weight excluding hydrogens is 316 g/mol. The van der Waals surface area contributed by atoms with E-state index in [4.69, 9.17) is 4.74 Å². The molecule has 0 radical (unpaired) electrons. The highest BCUT2D eigenvalue weighted by Gasteiger charge is 2.04. The number of rotatable bonds is 6. The molecule has 1 N–H and O–H groups in total. The summed E-state index contributed by atoms with van der Waals surface area (Å²) in [6, 6.07) is 12.6. The van der Waals surface area contributed by atoms with Crippen LogP contribution in [0.5, 0.6) is 5.75 Å². The molecule has 0 atom stereocenters. The van der Waals surface area contributed by atoms with E-state index in [0.717, 1.165) is 23.6 Å². The first-order valence-electron chi connectivity index (χ1n) is 6.75. The van der Waals surface area contributed by atoms with Gasteiger partial charge in [-0.25, -0.2) is 13.1 Å². The molecule has 6 nitrogen and oxygen atoms in total. The summed E-state index contributed by atoms with van der Waals surface area (Å²) in [4.78, 5) is 15.5. The number of carbonyl (C=O) groups excluding carboxylic acids is 1. The molecule has 0 fully saturated rings. The van der Waals surface area contributed by atoms with E-state index in [2.05, 4.69) is 4.98 Å². The van der Waals surface area contributed by atoms with Gasteiger partial charge in [0.15, 0.2) is 0 Å². The maximum absolute atomic E-state index is 11.3. The summed E-state index contributed by atoms with van der Waals surface area (Å²) in [7, 11) is -3.54. The molecule has 120 valence electrons. The van der Waals surface area contributed by atoms with Gasteiger partial charge in [-0.05, 0) is 35.9 Å². The fourth-order valence-electron chi connectivity index (χ4n) is 1.70. The summed E-state index contributed by atoms with van der Waals surface area (Å²) >= 11 is 0. The number of aromatic nitrogens is 1. The van der Waals surface area contributed by atoms with Gasteiger partial charge in [0, 0.05) is 12.3 Å². The molecule has 0 unspecified atom stereocenters. The Bertz CT molecular complexity index is 785. The first-order valence-corrected chi connectivity index (χ1v) is 8.64. The maximum atomic E-state index is 11.3. The highest BCUT2D eigenvalue weighted by atomic mass is 32.2. The molecule has 1 heterocycles. The van der Waals surface area contributed by atoms with Crippen LogP contribution in [0.3, 0.4) is 0 Å². The summed E-state index contributed by atoms with van der Waals surface area (Å²) in [5.41, 5.74) is 1.58. The summed E-state index contributed by atoms with van der Waals surface area (Å²) in [5, 5.41) is 0. The van der Waals surface area contributed by atoms with Gasteiger partial charge in [-0.15, -0.1) is 0 Å². The zero-order valence-electron chi connectivity index (χ0n) is 12.5. The molecule has 7 heteroatoms. The topological polar surface area (TPSA) is 85.4 Å². The van der Waals surface area contributed by atoms with Crippen molar-refractivity contribution in [3.8, 4) is 5.75 Å². The molecule has 0 aliphatic carbocycles. The highest BCUT2D eigenvalue weighted by molar-refractivity contribution is 7.89. The van der Waals surface area contributed by atoms with E-state index in [-0.39, 0.29) is 0 Å². The van der Waals surface area contributed by atoms with E-state index in [9.17, 15) is 13.2 Å². The number of hydrogen-bond donors (Lipinski definition) is 1. The molecule has 0 aliphatic rings. The highest BCUT2D eigenvalue weighted by Crippen LogP contribution is 2.14. The second-order valence-electron chi connectivity index (χ2n) is 4.75. The van der Waals surface area contributed by atoms with Crippen LogP contribution in [0.4, 0.5) is 0 Å². The number of nitrogens with one attached hydrogen (secondary N) is 1. The van der Waals surface area contributed by atoms with Crippen molar-refractivity contribution in [1.82, 2.24) is 9.71 Å². The van der Waals surface area contributed by atoms with Crippen LogP contribution in [-0.4, -0.2) is 25.6 Å². The van der Waals surface area contributed by atoms with Crippen LogP contribution >= 0.6 is 0 Å². The Kier molecular flexibility index (Phi) is 5.48. The molecule has 0 aliphatic heterocycles. The average molecular weight is 332 g/mol. The lowest BCUT2D eigenvalue weighted by Crippen LogP contribution is -2.27. The summed E-state index contributed by atoms with van der Waals surface area (Å²) in [5.74, 6) is -0.0173. The zero-order valence-corrected chi connectivity index (χ0v) is 13.3. The standard InChI is InChI=1S/C16H16N2O4S/c1-23(20,21)18-16(19)10-7-13-5-8-15(9-6-13)22-12-14-4-2-3-11-17-14/h2-11H,12H2,1H3,(H,18,19). The molecule has 2 rings (SSSR count). The van der Waals surface area contributed by atoms with Gasteiger partial charge < -0.3 is 4.74 Å². The van der Waals surface area contributed by atoms with Gasteiger partial charge >= 0.3 is 0 Å². The van der Waals surface area contributed by atoms with Crippen molar-refractivity contribution >= 4 is 22.0 Å². The average Bonchev–Trinajstić information content (AvgIpc) is 2.51. The van der Waals surface area contributed by atoms with Crippen LogP contribution < -0.4 is 9.46 Å². The van der Waals surface area contributed by atoms with Crippen LogP contribution in [0, 0.1) is 0 Å². The molecule has 0 spiro atoms. The van der Waals surface area contributed by atoms with Gasteiger partial charge in [0.2, 0.25) is 10.0 Å². The number of benzene rings is 1. The number of amides is 1. The van der Waals surface area contributed by atoms with Crippen LogP contribution in [0.15, 0.2) is 54.7 Å². The van der Waals surface area contributed by atoms with E-state index in [1.54, 1.807) is 30.5 Å². The van der Waals surface area contributed by atoms with E-state index >= 15 is 0 Å². The second kappa shape index (κ2) is 7.55. The van der Waals surface area contributed by atoms with Gasteiger partial charge in [0.1, 0.15) is 12.4 Å². The maximum Gasteiger partial charge on any atom is 0.257 e. The smallest absolute Gasteiger partial charge is 0.257 e. The third-order valence-electron chi connectivity index (χ3n) is 2.71. The molecule has 23 heavy (non-hydrogen) atoms. The Morgan fingerprint density at radius 1 is 1.22 bits per heavy atom. The number of pyridine rings is 1. The van der Waals surface area contributed by atoms with Crippen LogP contribution in [-0.2, 0) is 21.4 Å². The number of ether oxygens (including phenoxy) is 1. The predicted molar refractivity (Wildman–Crippen MR) is 87.0 cm³/mol. The Morgan fingerprint density at radius 3 is 2.57 bits per heavy atom. The van der Waals surface area contributed by atoms with Crippen LogP contribution in [0.2, 0.25) is 0 Å². The minimum Gasteiger partial charge on any atom is -0.487 e. The summed E-state index contributed by atoms with van der Waals surface area (Å²) < 4.78 is 29.2. The first-order chi connectivity index (χ1) is 10.9. The molecule has 1 amide bonds.